The number of rotatable bonds is 5. The van der Waals surface area contributed by atoms with Gasteiger partial charge < -0.3 is 21.1 Å². The summed E-state index contributed by atoms with van der Waals surface area (Å²) < 4.78 is 0. The van der Waals surface area contributed by atoms with Crippen molar-refractivity contribution in [3.8, 4) is 5.75 Å². The number of aromatic hydroxyl groups is 1. The molecule has 2 aromatic heterocycles. The van der Waals surface area contributed by atoms with Crippen LogP contribution >= 0.6 is 11.8 Å². The van der Waals surface area contributed by atoms with Gasteiger partial charge in [-0.05, 0) is 19.1 Å². The third kappa shape index (κ3) is 3.69. The van der Waals surface area contributed by atoms with E-state index < -0.39 is 0 Å². The molecule has 2 heterocycles. The average molecular weight is 358 g/mol. The summed E-state index contributed by atoms with van der Waals surface area (Å²) in [5.41, 5.74) is 7.25. The van der Waals surface area contributed by atoms with E-state index in [0.29, 0.717) is 21.9 Å². The van der Waals surface area contributed by atoms with E-state index in [-0.39, 0.29) is 34.7 Å². The van der Waals surface area contributed by atoms with Crippen LogP contribution in [0, 0.1) is 0 Å². The monoisotopic (exact) mass is 358 g/mol. The van der Waals surface area contributed by atoms with E-state index in [1.165, 1.54) is 37.1 Å². The smallest absolute Gasteiger partial charge is 0.234 e. The first kappa shape index (κ1) is 16.7. The number of fused-ring (bicyclic) bond motifs is 1. The van der Waals surface area contributed by atoms with Gasteiger partial charge >= 0.3 is 0 Å². The lowest BCUT2D eigenvalue weighted by molar-refractivity contribution is -0.113. The Morgan fingerprint density at radius 1 is 1.36 bits per heavy atom. The first-order chi connectivity index (χ1) is 11.9. The van der Waals surface area contributed by atoms with E-state index in [4.69, 9.17) is 5.73 Å². The van der Waals surface area contributed by atoms with Crippen LogP contribution in [0.1, 0.15) is 17.3 Å². The van der Waals surface area contributed by atoms with E-state index >= 15 is 0 Å². The molecule has 9 nitrogen and oxygen atoms in total. The lowest BCUT2D eigenvalue weighted by atomic mass is 10.1. The van der Waals surface area contributed by atoms with E-state index in [1.807, 2.05) is 0 Å². The molecular formula is C15H14N6O3S. The average Bonchev–Trinajstić information content (AvgIpc) is 3.00. The van der Waals surface area contributed by atoms with Gasteiger partial charge in [0.25, 0.3) is 0 Å². The van der Waals surface area contributed by atoms with Gasteiger partial charge in [0.15, 0.2) is 11.4 Å². The summed E-state index contributed by atoms with van der Waals surface area (Å²) in [6, 6.07) is 4.34. The zero-order chi connectivity index (χ0) is 18.0. The molecule has 0 unspecified atom stereocenters. The number of phenolic OH excluding ortho intramolecular Hbond substituents is 1. The number of thioether (sulfide) groups is 1. The second-order valence-electron chi connectivity index (χ2n) is 5.11. The Balaban J connectivity index is 1.67. The number of anilines is 2. The number of aromatic amines is 1. The van der Waals surface area contributed by atoms with Gasteiger partial charge in [0.2, 0.25) is 11.9 Å². The van der Waals surface area contributed by atoms with Gasteiger partial charge in [-0.15, -0.1) is 0 Å². The summed E-state index contributed by atoms with van der Waals surface area (Å²) >= 11 is 1.18. The van der Waals surface area contributed by atoms with Crippen LogP contribution in [0.15, 0.2) is 29.6 Å². The summed E-state index contributed by atoms with van der Waals surface area (Å²) in [5, 5.41) is 13.0. The lowest BCUT2D eigenvalue weighted by Gasteiger charge is -2.07. The van der Waals surface area contributed by atoms with Crippen LogP contribution in [-0.4, -0.2) is 42.5 Å². The summed E-state index contributed by atoms with van der Waals surface area (Å²) in [7, 11) is 0. The van der Waals surface area contributed by atoms with Crippen molar-refractivity contribution in [2.24, 2.45) is 0 Å². The SMILES string of the molecule is CC(=O)c1ccc(NC(=O)CSc2nc(N)nc3nc[nH]c23)cc1O. The van der Waals surface area contributed by atoms with Crippen molar-refractivity contribution >= 4 is 46.3 Å². The van der Waals surface area contributed by atoms with E-state index in [0.717, 1.165) is 0 Å². The molecule has 0 radical (unpaired) electrons. The van der Waals surface area contributed by atoms with Gasteiger partial charge in [-0.1, -0.05) is 11.8 Å². The first-order valence-corrected chi connectivity index (χ1v) is 8.16. The molecule has 1 aromatic carbocycles. The number of hydrogen-bond donors (Lipinski definition) is 4. The van der Waals surface area contributed by atoms with Crippen LogP contribution in [0.4, 0.5) is 11.6 Å². The number of hydrogen-bond acceptors (Lipinski definition) is 8. The molecule has 128 valence electrons. The van der Waals surface area contributed by atoms with Crippen LogP contribution in [0.3, 0.4) is 0 Å². The van der Waals surface area contributed by atoms with E-state index in [9.17, 15) is 14.7 Å². The highest BCUT2D eigenvalue weighted by atomic mass is 32.2. The molecule has 3 aromatic rings. The number of carbonyl (C=O) groups excluding carboxylic acids is 2. The number of Topliss-reactive ketones (excluding diaryl/α,β-unsaturated/α-hetero) is 1. The van der Waals surface area contributed by atoms with Crippen molar-refractivity contribution in [1.82, 2.24) is 19.9 Å². The number of carbonyl (C=O) groups is 2. The van der Waals surface area contributed by atoms with Gasteiger partial charge in [0, 0.05) is 11.8 Å². The Morgan fingerprint density at radius 2 is 2.16 bits per heavy atom. The zero-order valence-electron chi connectivity index (χ0n) is 13.1. The maximum atomic E-state index is 12.1. The van der Waals surface area contributed by atoms with Crippen LogP contribution in [0.2, 0.25) is 0 Å². The molecule has 0 aliphatic heterocycles. The lowest BCUT2D eigenvalue weighted by Crippen LogP contribution is -2.14. The topological polar surface area (TPSA) is 147 Å². The number of ketones is 1. The largest absolute Gasteiger partial charge is 0.507 e. The number of nitrogens with zero attached hydrogens (tertiary/aromatic N) is 3. The number of nitrogens with one attached hydrogen (secondary N) is 2. The number of aromatic nitrogens is 4. The summed E-state index contributed by atoms with van der Waals surface area (Å²) in [5.74, 6) is -0.589. The number of amides is 1. The summed E-state index contributed by atoms with van der Waals surface area (Å²) in [6.07, 6.45) is 1.47. The molecule has 0 aliphatic rings. The van der Waals surface area contributed by atoms with Crippen molar-refractivity contribution in [3.05, 3.63) is 30.1 Å². The van der Waals surface area contributed by atoms with E-state index in [1.54, 1.807) is 6.07 Å². The molecular weight excluding hydrogens is 344 g/mol. The highest BCUT2D eigenvalue weighted by Crippen LogP contribution is 2.25. The molecule has 25 heavy (non-hydrogen) atoms. The Bertz CT molecular complexity index is 971. The molecule has 0 saturated heterocycles. The van der Waals surface area contributed by atoms with Crippen molar-refractivity contribution in [3.63, 3.8) is 0 Å². The molecule has 0 spiro atoms. The molecule has 5 N–H and O–H groups in total. The number of benzene rings is 1. The Kier molecular flexibility index (Phi) is 4.52. The van der Waals surface area contributed by atoms with Gasteiger partial charge in [0.1, 0.15) is 16.3 Å². The van der Waals surface area contributed by atoms with E-state index in [2.05, 4.69) is 25.3 Å². The molecule has 3 rings (SSSR count). The van der Waals surface area contributed by atoms with Crippen LogP contribution in [-0.2, 0) is 4.79 Å². The van der Waals surface area contributed by atoms with Crippen molar-refractivity contribution in [1.29, 1.82) is 0 Å². The highest BCUT2D eigenvalue weighted by Gasteiger charge is 2.13. The normalized spacial score (nSPS) is 10.8. The molecule has 0 aliphatic carbocycles. The number of imidazole rings is 1. The quantitative estimate of drug-likeness (QED) is 0.305. The first-order valence-electron chi connectivity index (χ1n) is 7.17. The Labute approximate surface area is 146 Å². The van der Waals surface area contributed by atoms with Gasteiger partial charge in [-0.3, -0.25) is 9.59 Å². The van der Waals surface area contributed by atoms with Gasteiger partial charge in [-0.2, -0.15) is 4.98 Å². The predicted molar refractivity (Wildman–Crippen MR) is 93.6 cm³/mol. The van der Waals surface area contributed by atoms with Crippen molar-refractivity contribution < 1.29 is 14.7 Å². The zero-order valence-corrected chi connectivity index (χ0v) is 13.9. The molecule has 0 fully saturated rings. The minimum Gasteiger partial charge on any atom is -0.507 e. The Hall–Kier alpha value is -3.14. The standard InChI is InChI=1S/C15H14N6O3S/c1-7(22)9-3-2-8(4-10(9)23)19-11(24)5-25-14-12-13(18-6-17-12)20-15(16)21-14/h2-4,6,23H,5H2,1H3,(H,19,24)(H3,16,17,18,20,21). The Morgan fingerprint density at radius 3 is 2.88 bits per heavy atom. The maximum absolute atomic E-state index is 12.1. The summed E-state index contributed by atoms with van der Waals surface area (Å²) in [6.45, 7) is 1.35. The van der Waals surface area contributed by atoms with Crippen molar-refractivity contribution in [2.75, 3.05) is 16.8 Å². The third-order valence-electron chi connectivity index (χ3n) is 3.27. The fourth-order valence-corrected chi connectivity index (χ4v) is 2.96. The third-order valence-corrected chi connectivity index (χ3v) is 4.25. The number of nitrogens with two attached hydrogens (primary N) is 1. The van der Waals surface area contributed by atoms with Crippen LogP contribution in [0.5, 0.6) is 5.75 Å². The molecule has 0 saturated carbocycles. The van der Waals surface area contributed by atoms with Crippen LogP contribution < -0.4 is 11.1 Å². The number of nitrogen functional groups attached to an aromatic ring is 1. The second-order valence-corrected chi connectivity index (χ2v) is 6.08. The maximum Gasteiger partial charge on any atom is 0.234 e. The van der Waals surface area contributed by atoms with Gasteiger partial charge in [0.05, 0.1) is 17.6 Å². The van der Waals surface area contributed by atoms with Crippen LogP contribution in [0.25, 0.3) is 11.2 Å². The number of phenols is 1. The summed E-state index contributed by atoms with van der Waals surface area (Å²) in [4.78, 5) is 38.4. The fraction of sp³-hybridized carbons (Fsp3) is 0.133. The number of H-pyrrole nitrogens is 1. The predicted octanol–water partition coefficient (Wildman–Crippen LogP) is 1.57. The molecule has 10 heteroatoms. The minimum atomic E-state index is -0.301. The molecule has 1 amide bonds. The second kappa shape index (κ2) is 6.77. The highest BCUT2D eigenvalue weighted by molar-refractivity contribution is 8.00. The van der Waals surface area contributed by atoms with Crippen molar-refractivity contribution in [2.45, 2.75) is 11.9 Å². The molecule has 0 bridgehead atoms. The minimum absolute atomic E-state index is 0.0692. The molecule has 0 atom stereocenters. The van der Waals surface area contributed by atoms with Gasteiger partial charge in [-0.25, -0.2) is 9.97 Å². The fourth-order valence-electron chi connectivity index (χ4n) is 2.17.